The van der Waals surface area contributed by atoms with Gasteiger partial charge in [0.2, 0.25) is 0 Å². The van der Waals surface area contributed by atoms with E-state index in [2.05, 4.69) is 9.88 Å². The molecule has 24 heavy (non-hydrogen) atoms. The largest absolute Gasteiger partial charge is 0.373 e. The number of carbonyl (C=O) groups is 1. The third-order valence-electron chi connectivity index (χ3n) is 5.75. The molecule has 5 nitrogen and oxygen atoms in total. The van der Waals surface area contributed by atoms with Gasteiger partial charge in [-0.15, -0.1) is 0 Å². The lowest BCUT2D eigenvalue weighted by atomic mass is 9.86. The fraction of sp³-hybridized carbons (Fsp3) is 0.684. The van der Waals surface area contributed by atoms with Gasteiger partial charge in [-0.05, 0) is 63.2 Å². The Labute approximate surface area is 144 Å². The van der Waals surface area contributed by atoms with E-state index >= 15 is 0 Å². The summed E-state index contributed by atoms with van der Waals surface area (Å²) in [4.78, 5) is 21.3. The molecule has 1 aromatic heterocycles. The van der Waals surface area contributed by atoms with Gasteiger partial charge in [0.05, 0.1) is 12.2 Å². The van der Waals surface area contributed by atoms with Crippen molar-refractivity contribution in [1.82, 2.24) is 14.8 Å². The number of piperidine rings is 1. The van der Waals surface area contributed by atoms with Crippen LogP contribution in [0.3, 0.4) is 0 Å². The van der Waals surface area contributed by atoms with Gasteiger partial charge in [0.25, 0.3) is 5.91 Å². The maximum Gasteiger partial charge on any atom is 0.254 e. The van der Waals surface area contributed by atoms with Crippen molar-refractivity contribution in [3.8, 4) is 0 Å². The lowest BCUT2D eigenvalue weighted by Crippen LogP contribution is -2.50. The number of likely N-dealkylation sites (tertiary alicyclic amines) is 2. The Morgan fingerprint density at radius 1 is 1.21 bits per heavy atom. The van der Waals surface area contributed by atoms with Gasteiger partial charge < -0.3 is 14.5 Å². The highest BCUT2D eigenvalue weighted by atomic mass is 16.5. The third kappa shape index (κ3) is 3.33. The maximum absolute atomic E-state index is 12.7. The van der Waals surface area contributed by atoms with Crippen molar-refractivity contribution in [2.75, 3.05) is 39.3 Å². The van der Waals surface area contributed by atoms with Gasteiger partial charge in [-0.2, -0.15) is 0 Å². The molecule has 3 fully saturated rings. The van der Waals surface area contributed by atoms with E-state index in [0.29, 0.717) is 5.92 Å². The predicted octanol–water partition coefficient (Wildman–Crippen LogP) is 2.19. The van der Waals surface area contributed by atoms with Crippen molar-refractivity contribution >= 4 is 5.91 Å². The molecule has 3 saturated heterocycles. The molecule has 1 aromatic rings. The van der Waals surface area contributed by atoms with Crippen molar-refractivity contribution in [2.24, 2.45) is 5.92 Å². The Bertz CT molecular complexity index is 573. The molecule has 0 bridgehead atoms. The molecule has 3 aliphatic heterocycles. The number of hydrogen-bond donors (Lipinski definition) is 0. The molecule has 130 valence electrons. The highest BCUT2D eigenvalue weighted by Gasteiger charge is 2.44. The number of nitrogens with zero attached hydrogens (tertiary/aromatic N) is 3. The highest BCUT2D eigenvalue weighted by molar-refractivity contribution is 5.94. The van der Waals surface area contributed by atoms with E-state index in [1.54, 1.807) is 24.5 Å². The molecule has 4 rings (SSSR count). The zero-order chi connectivity index (χ0) is 16.4. The minimum Gasteiger partial charge on any atom is -0.373 e. The van der Waals surface area contributed by atoms with Crippen LogP contribution in [-0.4, -0.2) is 65.6 Å². The number of carbonyl (C=O) groups excluding carboxylic acids is 1. The van der Waals surface area contributed by atoms with Gasteiger partial charge in [0.1, 0.15) is 0 Å². The topological polar surface area (TPSA) is 45.7 Å². The summed E-state index contributed by atoms with van der Waals surface area (Å²) in [5.41, 5.74) is 0.624. The molecular formula is C19H27N3O2. The second-order valence-electron chi connectivity index (χ2n) is 7.64. The van der Waals surface area contributed by atoms with Crippen LogP contribution in [0.15, 0.2) is 24.5 Å². The minimum absolute atomic E-state index is 0.106. The Kier molecular flexibility index (Phi) is 4.55. The van der Waals surface area contributed by atoms with Crippen LogP contribution in [0.4, 0.5) is 0 Å². The van der Waals surface area contributed by atoms with Gasteiger partial charge in [-0.1, -0.05) is 0 Å². The van der Waals surface area contributed by atoms with Crippen LogP contribution in [-0.2, 0) is 4.74 Å². The fourth-order valence-electron chi connectivity index (χ4n) is 4.62. The van der Waals surface area contributed by atoms with Crippen LogP contribution >= 0.6 is 0 Å². The molecule has 2 atom stereocenters. The average molecular weight is 329 g/mol. The Morgan fingerprint density at radius 2 is 2.00 bits per heavy atom. The van der Waals surface area contributed by atoms with Gasteiger partial charge in [0.15, 0.2) is 0 Å². The number of pyridine rings is 1. The summed E-state index contributed by atoms with van der Waals surface area (Å²) in [6.07, 6.45) is 9.27. The summed E-state index contributed by atoms with van der Waals surface area (Å²) < 4.78 is 6.29. The summed E-state index contributed by atoms with van der Waals surface area (Å²) in [6, 6.07) is 3.60. The number of rotatable bonds is 3. The molecule has 0 aliphatic carbocycles. The van der Waals surface area contributed by atoms with Crippen LogP contribution in [0.25, 0.3) is 0 Å². The first-order valence-corrected chi connectivity index (χ1v) is 9.30. The molecule has 1 spiro atoms. The van der Waals surface area contributed by atoms with Crippen molar-refractivity contribution in [3.05, 3.63) is 30.1 Å². The van der Waals surface area contributed by atoms with E-state index in [9.17, 15) is 4.79 Å². The first-order chi connectivity index (χ1) is 11.7. The van der Waals surface area contributed by atoms with Crippen LogP contribution in [0.5, 0.6) is 0 Å². The van der Waals surface area contributed by atoms with Crippen molar-refractivity contribution < 1.29 is 9.53 Å². The van der Waals surface area contributed by atoms with E-state index in [4.69, 9.17) is 4.74 Å². The fourth-order valence-corrected chi connectivity index (χ4v) is 4.62. The van der Waals surface area contributed by atoms with Gasteiger partial charge in [-0.25, -0.2) is 0 Å². The first kappa shape index (κ1) is 16.0. The van der Waals surface area contributed by atoms with E-state index in [1.165, 1.54) is 32.5 Å². The standard InChI is InChI=1S/C19H27N3O2/c23-18(17-4-7-20-8-5-17)22-11-3-6-19(15-22)12-16(14-24-19)13-21-9-1-2-10-21/h4-5,7-8,16H,1-3,6,9-15H2/t16-,19-/m0/s1. The number of amides is 1. The molecule has 0 unspecified atom stereocenters. The normalized spacial score (nSPS) is 31.0. The average Bonchev–Trinajstić information content (AvgIpc) is 3.26. The first-order valence-electron chi connectivity index (χ1n) is 9.30. The summed E-state index contributed by atoms with van der Waals surface area (Å²) in [6.45, 7) is 6.09. The zero-order valence-electron chi connectivity index (χ0n) is 14.3. The zero-order valence-corrected chi connectivity index (χ0v) is 14.3. The second-order valence-corrected chi connectivity index (χ2v) is 7.64. The lowest BCUT2D eigenvalue weighted by Gasteiger charge is -2.40. The summed E-state index contributed by atoms with van der Waals surface area (Å²) in [7, 11) is 0. The van der Waals surface area contributed by atoms with Crippen LogP contribution < -0.4 is 0 Å². The number of ether oxygens (including phenoxy) is 1. The molecule has 0 aromatic carbocycles. The third-order valence-corrected chi connectivity index (χ3v) is 5.75. The van der Waals surface area contributed by atoms with E-state index in [0.717, 1.165) is 44.5 Å². The van der Waals surface area contributed by atoms with Crippen LogP contribution in [0, 0.1) is 5.92 Å². The summed E-state index contributed by atoms with van der Waals surface area (Å²) in [5.74, 6) is 0.738. The number of hydrogen-bond acceptors (Lipinski definition) is 4. The van der Waals surface area contributed by atoms with Crippen LogP contribution in [0.2, 0.25) is 0 Å². The van der Waals surface area contributed by atoms with E-state index in [-0.39, 0.29) is 11.5 Å². The van der Waals surface area contributed by atoms with Gasteiger partial charge in [-0.3, -0.25) is 9.78 Å². The van der Waals surface area contributed by atoms with Crippen LogP contribution in [0.1, 0.15) is 42.5 Å². The Morgan fingerprint density at radius 3 is 2.79 bits per heavy atom. The Hall–Kier alpha value is -1.46. The van der Waals surface area contributed by atoms with Gasteiger partial charge >= 0.3 is 0 Å². The molecule has 4 heterocycles. The van der Waals surface area contributed by atoms with Gasteiger partial charge in [0, 0.05) is 37.6 Å². The van der Waals surface area contributed by atoms with E-state index in [1.807, 2.05) is 4.90 Å². The van der Waals surface area contributed by atoms with Crippen molar-refractivity contribution in [1.29, 1.82) is 0 Å². The second kappa shape index (κ2) is 6.81. The van der Waals surface area contributed by atoms with E-state index < -0.39 is 0 Å². The quantitative estimate of drug-likeness (QED) is 0.853. The summed E-state index contributed by atoms with van der Waals surface area (Å²) >= 11 is 0. The van der Waals surface area contributed by atoms with Crippen molar-refractivity contribution in [2.45, 2.75) is 37.7 Å². The molecule has 3 aliphatic rings. The molecule has 0 N–H and O–H groups in total. The van der Waals surface area contributed by atoms with Crippen molar-refractivity contribution in [3.63, 3.8) is 0 Å². The maximum atomic E-state index is 12.7. The molecule has 0 saturated carbocycles. The Balaban J connectivity index is 1.38. The molecular weight excluding hydrogens is 302 g/mol. The SMILES string of the molecule is O=C(c1ccncc1)N1CCC[C@]2(C[C@@H](CN3CCCC3)CO2)C1. The smallest absolute Gasteiger partial charge is 0.254 e. The predicted molar refractivity (Wildman–Crippen MR) is 91.8 cm³/mol. The monoisotopic (exact) mass is 329 g/mol. The summed E-state index contributed by atoms with van der Waals surface area (Å²) in [5, 5.41) is 0. The number of aromatic nitrogens is 1. The molecule has 1 amide bonds. The highest BCUT2D eigenvalue weighted by Crippen LogP contribution is 2.38. The molecule has 5 heteroatoms. The lowest BCUT2D eigenvalue weighted by molar-refractivity contribution is -0.0450. The minimum atomic E-state index is -0.106. The molecule has 0 radical (unpaired) electrons.